The number of aromatic nitrogens is 2. The van der Waals surface area contributed by atoms with E-state index in [4.69, 9.17) is 9.47 Å². The maximum Gasteiger partial charge on any atom is 0.231 e. The lowest BCUT2D eigenvalue weighted by Gasteiger charge is -2.20. The zero-order valence-electron chi connectivity index (χ0n) is 14.7. The maximum atomic E-state index is 5.55. The van der Waals surface area contributed by atoms with Gasteiger partial charge in [0.1, 0.15) is 5.82 Å². The number of anilines is 1. The van der Waals surface area contributed by atoms with Gasteiger partial charge in [0.2, 0.25) is 6.79 Å². The van der Waals surface area contributed by atoms with Gasteiger partial charge in [-0.25, -0.2) is 4.68 Å². The number of nitrogens with zero attached hydrogens (tertiary/aromatic N) is 2. The molecule has 0 atom stereocenters. The van der Waals surface area contributed by atoms with Crippen LogP contribution in [-0.4, -0.2) is 16.6 Å². The molecule has 5 nitrogen and oxygen atoms in total. The molecule has 5 heteroatoms. The molecule has 0 radical (unpaired) electrons. The SMILES string of the molecule is Cc1cc(NC2(c3ccc4c(c3)OCO4)CC2)n(Cc2ccccc2)n1. The van der Waals surface area contributed by atoms with E-state index in [0.717, 1.165) is 42.4 Å². The largest absolute Gasteiger partial charge is 0.454 e. The van der Waals surface area contributed by atoms with Crippen molar-refractivity contribution in [3.8, 4) is 11.5 Å². The van der Waals surface area contributed by atoms with Gasteiger partial charge in [-0.1, -0.05) is 36.4 Å². The Morgan fingerprint density at radius 1 is 1.04 bits per heavy atom. The molecule has 2 aromatic carbocycles. The number of hydrogen-bond donors (Lipinski definition) is 1. The van der Waals surface area contributed by atoms with E-state index in [2.05, 4.69) is 57.6 Å². The van der Waals surface area contributed by atoms with Crippen LogP contribution in [0.3, 0.4) is 0 Å². The summed E-state index contributed by atoms with van der Waals surface area (Å²) in [5, 5.41) is 8.43. The third-order valence-corrected chi connectivity index (χ3v) is 5.12. The number of hydrogen-bond acceptors (Lipinski definition) is 4. The second-order valence-electron chi connectivity index (χ2n) is 7.09. The number of aryl methyl sites for hydroxylation is 1. The van der Waals surface area contributed by atoms with E-state index in [0.29, 0.717) is 6.79 Å². The summed E-state index contributed by atoms with van der Waals surface area (Å²) >= 11 is 0. The highest BCUT2D eigenvalue weighted by molar-refractivity contribution is 5.52. The molecule has 1 N–H and O–H groups in total. The Balaban J connectivity index is 1.43. The Morgan fingerprint density at radius 2 is 1.85 bits per heavy atom. The van der Waals surface area contributed by atoms with Crippen LogP contribution < -0.4 is 14.8 Å². The molecule has 1 aliphatic heterocycles. The van der Waals surface area contributed by atoms with Crippen LogP contribution >= 0.6 is 0 Å². The lowest BCUT2D eigenvalue weighted by Crippen LogP contribution is -2.21. The molecule has 0 bridgehead atoms. The first-order chi connectivity index (χ1) is 12.7. The molecule has 2 heterocycles. The van der Waals surface area contributed by atoms with Crippen LogP contribution in [0.2, 0.25) is 0 Å². The molecule has 3 aromatic rings. The Bertz CT molecular complexity index is 945. The van der Waals surface area contributed by atoms with Gasteiger partial charge in [-0.2, -0.15) is 5.10 Å². The summed E-state index contributed by atoms with van der Waals surface area (Å²) in [6.45, 7) is 3.10. The Morgan fingerprint density at radius 3 is 2.65 bits per heavy atom. The Labute approximate surface area is 152 Å². The fraction of sp³-hybridized carbons (Fsp3) is 0.286. The Kier molecular flexibility index (Phi) is 3.42. The van der Waals surface area contributed by atoms with Crippen molar-refractivity contribution < 1.29 is 9.47 Å². The molecule has 5 rings (SSSR count). The van der Waals surface area contributed by atoms with Gasteiger partial charge >= 0.3 is 0 Å². The first-order valence-corrected chi connectivity index (χ1v) is 8.99. The van der Waals surface area contributed by atoms with Gasteiger partial charge in [-0.05, 0) is 43.0 Å². The van der Waals surface area contributed by atoms with E-state index < -0.39 is 0 Å². The van der Waals surface area contributed by atoms with Crippen molar-refractivity contribution in [2.45, 2.75) is 31.8 Å². The minimum atomic E-state index is -0.0398. The van der Waals surface area contributed by atoms with Crippen LogP contribution in [0.1, 0.15) is 29.7 Å². The molecule has 0 unspecified atom stereocenters. The zero-order valence-corrected chi connectivity index (χ0v) is 14.7. The van der Waals surface area contributed by atoms with Crippen LogP contribution in [0.4, 0.5) is 5.82 Å². The van der Waals surface area contributed by atoms with E-state index >= 15 is 0 Å². The first-order valence-electron chi connectivity index (χ1n) is 8.99. The van der Waals surface area contributed by atoms with Crippen LogP contribution in [0.5, 0.6) is 11.5 Å². The van der Waals surface area contributed by atoms with Gasteiger partial charge in [-0.3, -0.25) is 0 Å². The monoisotopic (exact) mass is 347 g/mol. The number of fused-ring (bicyclic) bond motifs is 1. The second-order valence-corrected chi connectivity index (χ2v) is 7.09. The van der Waals surface area contributed by atoms with Crippen molar-refractivity contribution >= 4 is 5.82 Å². The van der Waals surface area contributed by atoms with E-state index in [1.165, 1.54) is 11.1 Å². The van der Waals surface area contributed by atoms with Crippen LogP contribution in [0.15, 0.2) is 54.6 Å². The molecular formula is C21H21N3O2. The fourth-order valence-electron chi connectivity index (χ4n) is 3.57. The number of rotatable bonds is 5. The highest BCUT2D eigenvalue weighted by Crippen LogP contribution is 2.50. The van der Waals surface area contributed by atoms with Gasteiger partial charge in [-0.15, -0.1) is 0 Å². The molecule has 1 fully saturated rings. The van der Waals surface area contributed by atoms with Crippen molar-refractivity contribution in [1.82, 2.24) is 9.78 Å². The Hall–Kier alpha value is -2.95. The minimum absolute atomic E-state index is 0.0398. The summed E-state index contributed by atoms with van der Waals surface area (Å²) in [6.07, 6.45) is 2.20. The molecule has 132 valence electrons. The van der Waals surface area contributed by atoms with Crippen molar-refractivity contribution in [3.63, 3.8) is 0 Å². The lowest BCUT2D eigenvalue weighted by molar-refractivity contribution is 0.174. The molecule has 2 aliphatic rings. The summed E-state index contributed by atoms with van der Waals surface area (Å²) in [5.41, 5.74) is 3.46. The first kappa shape index (κ1) is 15.3. The third kappa shape index (κ3) is 2.69. The van der Waals surface area contributed by atoms with Crippen LogP contribution in [-0.2, 0) is 12.1 Å². The average Bonchev–Trinajstić information content (AvgIpc) is 3.14. The fourth-order valence-corrected chi connectivity index (χ4v) is 3.57. The zero-order chi connectivity index (χ0) is 17.6. The lowest BCUT2D eigenvalue weighted by atomic mass is 10.0. The molecule has 1 aromatic heterocycles. The van der Waals surface area contributed by atoms with Crippen molar-refractivity contribution in [2.24, 2.45) is 0 Å². The second kappa shape index (κ2) is 5.80. The van der Waals surface area contributed by atoms with E-state index in [1.54, 1.807) is 0 Å². The topological polar surface area (TPSA) is 48.3 Å². The van der Waals surface area contributed by atoms with Crippen LogP contribution in [0.25, 0.3) is 0 Å². The van der Waals surface area contributed by atoms with Gasteiger partial charge in [0.15, 0.2) is 11.5 Å². The van der Waals surface area contributed by atoms with Crippen molar-refractivity contribution in [3.05, 3.63) is 71.4 Å². The molecule has 0 amide bonds. The molecular weight excluding hydrogens is 326 g/mol. The van der Waals surface area contributed by atoms with Crippen LogP contribution in [0, 0.1) is 6.92 Å². The highest BCUT2D eigenvalue weighted by atomic mass is 16.7. The van der Waals surface area contributed by atoms with Gasteiger partial charge in [0.05, 0.1) is 17.8 Å². The number of benzene rings is 2. The van der Waals surface area contributed by atoms with Crippen molar-refractivity contribution in [2.75, 3.05) is 12.1 Å². The van der Waals surface area contributed by atoms with Gasteiger partial charge in [0, 0.05) is 6.07 Å². The number of ether oxygens (including phenoxy) is 2. The van der Waals surface area contributed by atoms with E-state index in [-0.39, 0.29) is 5.54 Å². The van der Waals surface area contributed by atoms with E-state index in [1.807, 2.05) is 19.1 Å². The summed E-state index contributed by atoms with van der Waals surface area (Å²) < 4.78 is 13.0. The standard InChI is InChI=1S/C21H21N3O2/c1-15-11-20(24(23-15)13-16-5-3-2-4-6-16)22-21(9-10-21)17-7-8-18-19(12-17)26-14-25-18/h2-8,11-12,22H,9-10,13-14H2,1H3. The maximum absolute atomic E-state index is 5.55. The molecule has 0 spiro atoms. The molecule has 1 aliphatic carbocycles. The van der Waals surface area contributed by atoms with E-state index in [9.17, 15) is 0 Å². The summed E-state index contributed by atoms with van der Waals surface area (Å²) in [7, 11) is 0. The predicted molar refractivity (Wildman–Crippen MR) is 99.6 cm³/mol. The normalized spacial score (nSPS) is 16.5. The smallest absolute Gasteiger partial charge is 0.231 e. The van der Waals surface area contributed by atoms with Gasteiger partial charge < -0.3 is 14.8 Å². The molecule has 1 saturated carbocycles. The summed E-state index contributed by atoms with van der Waals surface area (Å²) in [5.74, 6) is 2.72. The predicted octanol–water partition coefficient (Wildman–Crippen LogP) is 4.07. The number of nitrogens with one attached hydrogen (secondary N) is 1. The summed E-state index contributed by atoms with van der Waals surface area (Å²) in [6, 6.07) is 18.8. The van der Waals surface area contributed by atoms with Gasteiger partial charge in [0.25, 0.3) is 0 Å². The third-order valence-electron chi connectivity index (χ3n) is 5.12. The quantitative estimate of drug-likeness (QED) is 0.756. The summed E-state index contributed by atoms with van der Waals surface area (Å²) in [4.78, 5) is 0. The average molecular weight is 347 g/mol. The van der Waals surface area contributed by atoms with Crippen molar-refractivity contribution in [1.29, 1.82) is 0 Å². The highest BCUT2D eigenvalue weighted by Gasteiger charge is 2.45. The molecule has 0 saturated heterocycles. The minimum Gasteiger partial charge on any atom is -0.454 e. The molecule has 26 heavy (non-hydrogen) atoms.